The van der Waals surface area contributed by atoms with Crippen molar-refractivity contribution in [3.05, 3.63) is 12.2 Å². The molecular formula is C17H30N2O3. The van der Waals surface area contributed by atoms with Gasteiger partial charge < -0.3 is 20.5 Å². The van der Waals surface area contributed by atoms with Crippen molar-refractivity contribution in [2.75, 3.05) is 13.2 Å². The summed E-state index contributed by atoms with van der Waals surface area (Å²) in [4.78, 5) is 12.1. The zero-order valence-corrected chi connectivity index (χ0v) is 13.8. The molecule has 3 N–H and O–H groups in total. The van der Waals surface area contributed by atoms with Gasteiger partial charge in [-0.1, -0.05) is 38.8 Å². The second-order valence-electron chi connectivity index (χ2n) is 6.49. The maximum Gasteiger partial charge on any atom is 0.315 e. The van der Waals surface area contributed by atoms with Crippen LogP contribution >= 0.6 is 0 Å². The van der Waals surface area contributed by atoms with Gasteiger partial charge in [0.2, 0.25) is 0 Å². The Hall–Kier alpha value is -1.07. The summed E-state index contributed by atoms with van der Waals surface area (Å²) in [6.45, 7) is 5.27. The highest BCUT2D eigenvalue weighted by Crippen LogP contribution is 2.25. The van der Waals surface area contributed by atoms with Crippen LogP contribution in [0.2, 0.25) is 0 Å². The van der Waals surface area contributed by atoms with E-state index in [1.54, 1.807) is 0 Å². The number of hydrogen-bond donors (Lipinski definition) is 3. The van der Waals surface area contributed by atoms with E-state index in [4.69, 9.17) is 9.84 Å². The number of carbonyl (C=O) groups is 1. The Morgan fingerprint density at radius 3 is 2.68 bits per heavy atom. The molecule has 2 amide bonds. The highest BCUT2D eigenvalue weighted by atomic mass is 16.5. The van der Waals surface area contributed by atoms with Crippen LogP contribution in [0.3, 0.4) is 0 Å². The van der Waals surface area contributed by atoms with Crippen molar-refractivity contribution in [3.8, 4) is 0 Å². The molecule has 0 aromatic carbocycles. The molecule has 126 valence electrons. The molecule has 1 heterocycles. The molecule has 1 aliphatic carbocycles. The molecule has 0 aromatic heterocycles. The van der Waals surface area contributed by atoms with Gasteiger partial charge in [-0.3, -0.25) is 0 Å². The molecule has 0 radical (unpaired) electrons. The van der Waals surface area contributed by atoms with Crippen molar-refractivity contribution in [2.45, 2.75) is 64.1 Å². The molecule has 1 fully saturated rings. The van der Waals surface area contributed by atoms with Crippen LogP contribution in [-0.4, -0.2) is 42.5 Å². The quantitative estimate of drug-likeness (QED) is 0.659. The number of aliphatic hydroxyl groups excluding tert-OH is 1. The van der Waals surface area contributed by atoms with Gasteiger partial charge in [-0.2, -0.15) is 0 Å². The lowest BCUT2D eigenvalue weighted by molar-refractivity contribution is -0.0331. The number of carbonyl (C=O) groups excluding carboxylic acids is 1. The van der Waals surface area contributed by atoms with Crippen molar-refractivity contribution >= 4 is 6.03 Å². The first kappa shape index (κ1) is 17.3. The van der Waals surface area contributed by atoms with E-state index in [0.29, 0.717) is 5.92 Å². The minimum Gasteiger partial charge on any atom is -0.396 e. The third-order valence-corrected chi connectivity index (χ3v) is 4.95. The van der Waals surface area contributed by atoms with Gasteiger partial charge in [-0.15, -0.1) is 0 Å². The Morgan fingerprint density at radius 1 is 1.27 bits per heavy atom. The molecule has 4 atom stereocenters. The van der Waals surface area contributed by atoms with Crippen molar-refractivity contribution in [1.29, 1.82) is 0 Å². The van der Waals surface area contributed by atoms with Gasteiger partial charge in [0.1, 0.15) is 0 Å². The lowest BCUT2D eigenvalue weighted by atomic mass is 9.89. The van der Waals surface area contributed by atoms with Crippen LogP contribution in [0.5, 0.6) is 0 Å². The Balaban J connectivity index is 1.75. The van der Waals surface area contributed by atoms with Crippen LogP contribution in [0.15, 0.2) is 12.2 Å². The maximum atomic E-state index is 12.1. The first-order chi connectivity index (χ1) is 10.7. The monoisotopic (exact) mass is 310 g/mol. The van der Waals surface area contributed by atoms with E-state index in [9.17, 15) is 4.79 Å². The topological polar surface area (TPSA) is 70.6 Å². The van der Waals surface area contributed by atoms with Crippen LogP contribution < -0.4 is 10.6 Å². The van der Waals surface area contributed by atoms with E-state index in [1.807, 2.05) is 12.2 Å². The number of ether oxygens (including phenoxy) is 1. The molecule has 22 heavy (non-hydrogen) atoms. The molecular weight excluding hydrogens is 280 g/mol. The van der Waals surface area contributed by atoms with Gasteiger partial charge in [0.15, 0.2) is 0 Å². The van der Waals surface area contributed by atoms with E-state index < -0.39 is 0 Å². The molecule has 1 saturated heterocycles. The Kier molecular flexibility index (Phi) is 6.70. The van der Waals surface area contributed by atoms with Crippen LogP contribution in [0.1, 0.15) is 46.0 Å². The third-order valence-electron chi connectivity index (χ3n) is 4.95. The average molecular weight is 310 g/mol. The fourth-order valence-corrected chi connectivity index (χ4v) is 3.51. The van der Waals surface area contributed by atoms with Gasteiger partial charge in [-0.05, 0) is 25.2 Å². The summed E-state index contributed by atoms with van der Waals surface area (Å²) in [7, 11) is 0. The lowest BCUT2D eigenvalue weighted by Gasteiger charge is -2.34. The molecule has 5 nitrogen and oxygen atoms in total. The Bertz CT molecular complexity index is 382. The molecule has 0 bridgehead atoms. The Labute approximate surface area is 133 Å². The normalized spacial score (nSPS) is 31.5. The van der Waals surface area contributed by atoms with Crippen LogP contribution in [0, 0.1) is 11.8 Å². The molecule has 2 rings (SSSR count). The van der Waals surface area contributed by atoms with E-state index in [2.05, 4.69) is 24.5 Å². The summed E-state index contributed by atoms with van der Waals surface area (Å²) >= 11 is 0. The molecule has 0 aromatic rings. The lowest BCUT2D eigenvalue weighted by Crippen LogP contribution is -2.49. The summed E-state index contributed by atoms with van der Waals surface area (Å²) in [5, 5.41) is 15.2. The van der Waals surface area contributed by atoms with E-state index >= 15 is 0 Å². The fourth-order valence-electron chi connectivity index (χ4n) is 3.51. The molecule has 2 unspecified atom stereocenters. The van der Waals surface area contributed by atoms with Crippen molar-refractivity contribution in [3.63, 3.8) is 0 Å². The van der Waals surface area contributed by atoms with Gasteiger partial charge in [0, 0.05) is 31.2 Å². The molecule has 0 spiro atoms. The largest absolute Gasteiger partial charge is 0.396 e. The average Bonchev–Trinajstić information content (AvgIpc) is 2.96. The number of nitrogens with one attached hydrogen (secondary N) is 2. The second-order valence-corrected chi connectivity index (χ2v) is 6.49. The predicted octanol–water partition coefficient (Wildman–Crippen LogP) is 2.21. The second kappa shape index (κ2) is 8.53. The van der Waals surface area contributed by atoms with E-state index in [1.165, 1.54) is 0 Å². The summed E-state index contributed by atoms with van der Waals surface area (Å²) in [6, 6.07) is 0.119. The molecule has 2 aliphatic rings. The van der Waals surface area contributed by atoms with E-state index in [0.717, 1.165) is 38.7 Å². The number of aliphatic hydroxyl groups is 1. The third kappa shape index (κ3) is 4.71. The number of hydrogen-bond acceptors (Lipinski definition) is 3. The maximum absolute atomic E-state index is 12.1. The van der Waals surface area contributed by atoms with E-state index in [-0.39, 0.29) is 36.7 Å². The minimum atomic E-state index is -0.108. The Morgan fingerprint density at radius 2 is 2.05 bits per heavy atom. The van der Waals surface area contributed by atoms with Crippen molar-refractivity contribution in [2.24, 2.45) is 11.8 Å². The van der Waals surface area contributed by atoms with Crippen LogP contribution in [0.4, 0.5) is 4.79 Å². The predicted molar refractivity (Wildman–Crippen MR) is 86.6 cm³/mol. The van der Waals surface area contributed by atoms with Gasteiger partial charge in [-0.25, -0.2) is 4.79 Å². The summed E-state index contributed by atoms with van der Waals surface area (Å²) in [6.07, 6.45) is 9.02. The molecule has 0 saturated carbocycles. The fraction of sp³-hybridized carbons (Fsp3) is 0.824. The first-order valence-corrected chi connectivity index (χ1v) is 8.64. The summed E-state index contributed by atoms with van der Waals surface area (Å²) < 4.78 is 5.89. The number of urea groups is 1. The smallest absolute Gasteiger partial charge is 0.315 e. The zero-order chi connectivity index (χ0) is 15.9. The molecule has 1 aliphatic heterocycles. The minimum absolute atomic E-state index is 0.0341. The van der Waals surface area contributed by atoms with Gasteiger partial charge in [0.05, 0.1) is 6.10 Å². The standard InChI is InChI=1S/C17H30N2O3/c1-3-13(4-2)16-10-15(7-8-22-16)19-17(21)18-14-6-5-12(9-14)11-20/h5-6,12-16,20H,3-4,7-11H2,1-2H3,(H2,18,19,21)/t12-,14+,15?,16?/m0/s1. The zero-order valence-electron chi connectivity index (χ0n) is 13.8. The summed E-state index contributed by atoms with van der Waals surface area (Å²) in [5.74, 6) is 0.753. The van der Waals surface area contributed by atoms with Crippen molar-refractivity contribution < 1.29 is 14.6 Å². The van der Waals surface area contributed by atoms with Crippen LogP contribution in [-0.2, 0) is 4.74 Å². The highest BCUT2D eigenvalue weighted by molar-refractivity contribution is 5.74. The van der Waals surface area contributed by atoms with Gasteiger partial charge in [0.25, 0.3) is 0 Å². The number of amides is 2. The first-order valence-electron chi connectivity index (χ1n) is 8.64. The molecule has 5 heteroatoms. The van der Waals surface area contributed by atoms with Crippen LogP contribution in [0.25, 0.3) is 0 Å². The van der Waals surface area contributed by atoms with Crippen molar-refractivity contribution in [1.82, 2.24) is 10.6 Å². The van der Waals surface area contributed by atoms with Gasteiger partial charge >= 0.3 is 6.03 Å². The summed E-state index contributed by atoms with van der Waals surface area (Å²) in [5.41, 5.74) is 0. The number of rotatable bonds is 6. The highest BCUT2D eigenvalue weighted by Gasteiger charge is 2.29. The SMILES string of the molecule is CCC(CC)C1CC(NC(=O)N[C@@H]2C=C[C@H](CO)C2)CCO1.